The van der Waals surface area contributed by atoms with Gasteiger partial charge in [0, 0.05) is 56.9 Å². The largest absolute Gasteiger partial charge is 0.314 e. The Morgan fingerprint density at radius 3 is 2.61 bits per heavy atom. The molecule has 1 saturated heterocycles. The van der Waals surface area contributed by atoms with Crippen molar-refractivity contribution in [3.63, 3.8) is 0 Å². The third-order valence-corrected chi connectivity index (χ3v) is 6.03. The fraction of sp³-hybridized carbons (Fsp3) is 0.280. The van der Waals surface area contributed by atoms with Gasteiger partial charge in [0.05, 0.1) is 17.4 Å². The number of benzene rings is 2. The molecule has 31 heavy (non-hydrogen) atoms. The molecule has 0 radical (unpaired) electrons. The van der Waals surface area contributed by atoms with E-state index in [1.54, 1.807) is 4.68 Å². The van der Waals surface area contributed by atoms with Gasteiger partial charge < -0.3 is 5.32 Å². The lowest BCUT2D eigenvalue weighted by molar-refractivity contribution is 0.233. The smallest absolute Gasteiger partial charge is 0.0927 e. The number of nitrogens with zero attached hydrogens (tertiary/aromatic N) is 4. The van der Waals surface area contributed by atoms with E-state index in [2.05, 4.69) is 68.8 Å². The van der Waals surface area contributed by atoms with Crippen LogP contribution >= 0.6 is 0 Å². The minimum absolute atomic E-state index is 0.938. The fourth-order valence-corrected chi connectivity index (χ4v) is 4.21. The maximum Gasteiger partial charge on any atom is 0.0927 e. The molecule has 2 aromatic carbocycles. The predicted octanol–water partition coefficient (Wildman–Crippen LogP) is 3.85. The Morgan fingerprint density at radius 1 is 1.03 bits per heavy atom. The molecule has 5 rings (SSSR count). The minimum Gasteiger partial charge on any atom is -0.314 e. The van der Waals surface area contributed by atoms with Crippen LogP contribution in [0.3, 0.4) is 0 Å². The molecule has 2 aromatic heterocycles. The van der Waals surface area contributed by atoms with Crippen LogP contribution in [0.25, 0.3) is 34.2 Å². The molecule has 0 amide bonds. The number of hydrogen-bond donors (Lipinski definition) is 2. The summed E-state index contributed by atoms with van der Waals surface area (Å²) in [5, 5.41) is 16.4. The van der Waals surface area contributed by atoms with E-state index in [1.165, 1.54) is 22.3 Å². The van der Waals surface area contributed by atoms with Gasteiger partial charge >= 0.3 is 0 Å². The van der Waals surface area contributed by atoms with Gasteiger partial charge in [0.2, 0.25) is 0 Å². The molecule has 0 saturated carbocycles. The molecule has 2 N–H and O–H groups in total. The molecule has 1 fully saturated rings. The van der Waals surface area contributed by atoms with E-state index in [4.69, 9.17) is 0 Å². The van der Waals surface area contributed by atoms with Crippen LogP contribution in [0.1, 0.15) is 22.4 Å². The summed E-state index contributed by atoms with van der Waals surface area (Å²) >= 11 is 0. The van der Waals surface area contributed by atoms with Gasteiger partial charge in [0.15, 0.2) is 0 Å². The first-order valence-electron chi connectivity index (χ1n) is 10.8. The first-order chi connectivity index (χ1) is 15.2. The number of nitrogens with one attached hydrogen (secondary N) is 2. The molecule has 158 valence electrons. The first kappa shape index (κ1) is 19.7. The van der Waals surface area contributed by atoms with Crippen molar-refractivity contribution in [2.75, 3.05) is 26.2 Å². The number of H-pyrrole nitrogens is 1. The van der Waals surface area contributed by atoms with Crippen molar-refractivity contribution in [2.45, 2.75) is 13.5 Å². The predicted molar refractivity (Wildman–Crippen MR) is 127 cm³/mol. The summed E-state index contributed by atoms with van der Waals surface area (Å²) in [6, 6.07) is 13.4. The third-order valence-electron chi connectivity index (χ3n) is 6.03. The van der Waals surface area contributed by atoms with E-state index in [9.17, 15) is 0 Å². The van der Waals surface area contributed by atoms with Gasteiger partial charge in [-0.25, -0.2) is 0 Å². The summed E-state index contributed by atoms with van der Waals surface area (Å²) in [5.74, 6) is 0. The van der Waals surface area contributed by atoms with Gasteiger partial charge in [0.25, 0.3) is 0 Å². The van der Waals surface area contributed by atoms with Crippen molar-refractivity contribution >= 4 is 23.1 Å². The molecule has 0 atom stereocenters. The van der Waals surface area contributed by atoms with Crippen molar-refractivity contribution in [3.8, 4) is 11.1 Å². The first-order valence-corrected chi connectivity index (χ1v) is 10.8. The standard InChI is InChI=1S/C25H28N6/c1-18-13-20(4-5-22(18)17-31-11-9-26-10-12-31)21-6-8-25-23(14-21)24(28-29-25)7-3-19-15-27-30(2)16-19/h3-8,13-16,26H,9-12,17H2,1-2H3,(H,28,29). The van der Waals surface area contributed by atoms with E-state index in [0.717, 1.165) is 54.9 Å². The number of aromatic amines is 1. The maximum absolute atomic E-state index is 4.50. The lowest BCUT2D eigenvalue weighted by Crippen LogP contribution is -2.42. The Bertz CT molecular complexity index is 1230. The Morgan fingerprint density at radius 2 is 1.84 bits per heavy atom. The Balaban J connectivity index is 1.40. The highest BCUT2D eigenvalue weighted by molar-refractivity contribution is 5.92. The Kier molecular flexibility index (Phi) is 5.40. The Labute approximate surface area is 182 Å². The molecular weight excluding hydrogens is 384 g/mol. The molecule has 0 aliphatic carbocycles. The summed E-state index contributed by atoms with van der Waals surface area (Å²) in [4.78, 5) is 2.52. The van der Waals surface area contributed by atoms with Crippen LogP contribution in [0, 0.1) is 6.92 Å². The quantitative estimate of drug-likeness (QED) is 0.523. The number of rotatable bonds is 5. The Hall–Kier alpha value is -3.22. The molecule has 3 heterocycles. The van der Waals surface area contributed by atoms with Crippen LogP contribution in [-0.4, -0.2) is 51.1 Å². The number of aryl methyl sites for hydroxylation is 2. The third kappa shape index (κ3) is 4.31. The number of hydrogen-bond acceptors (Lipinski definition) is 4. The van der Waals surface area contributed by atoms with Crippen LogP contribution in [0.5, 0.6) is 0 Å². The lowest BCUT2D eigenvalue weighted by Gasteiger charge is -2.27. The van der Waals surface area contributed by atoms with Crippen molar-refractivity contribution in [2.24, 2.45) is 7.05 Å². The van der Waals surface area contributed by atoms with E-state index in [1.807, 2.05) is 31.6 Å². The minimum atomic E-state index is 0.938. The summed E-state index contributed by atoms with van der Waals surface area (Å²) < 4.78 is 1.80. The SMILES string of the molecule is Cc1cc(-c2ccc3[nH]nc(C=Cc4cnn(C)c4)c3c2)ccc1CN1CCNCC1. The van der Waals surface area contributed by atoms with Crippen molar-refractivity contribution in [1.29, 1.82) is 0 Å². The molecule has 1 aliphatic rings. The van der Waals surface area contributed by atoms with Crippen molar-refractivity contribution in [1.82, 2.24) is 30.2 Å². The van der Waals surface area contributed by atoms with Crippen LogP contribution in [-0.2, 0) is 13.6 Å². The average molecular weight is 413 g/mol. The van der Waals surface area contributed by atoms with E-state index in [-0.39, 0.29) is 0 Å². The molecule has 6 nitrogen and oxygen atoms in total. The second kappa shape index (κ2) is 8.49. The summed E-state index contributed by atoms with van der Waals surface area (Å²) in [5.41, 5.74) is 8.25. The topological polar surface area (TPSA) is 61.8 Å². The van der Waals surface area contributed by atoms with Gasteiger partial charge in [-0.2, -0.15) is 10.2 Å². The number of fused-ring (bicyclic) bond motifs is 1. The maximum atomic E-state index is 4.50. The highest BCUT2D eigenvalue weighted by Crippen LogP contribution is 2.28. The van der Waals surface area contributed by atoms with Crippen LogP contribution < -0.4 is 5.32 Å². The molecule has 6 heteroatoms. The zero-order valence-electron chi connectivity index (χ0n) is 18.1. The monoisotopic (exact) mass is 412 g/mol. The zero-order chi connectivity index (χ0) is 21.2. The second-order valence-corrected chi connectivity index (χ2v) is 8.32. The van der Waals surface area contributed by atoms with Gasteiger partial charge in [-0.1, -0.05) is 24.3 Å². The van der Waals surface area contributed by atoms with Crippen molar-refractivity contribution in [3.05, 3.63) is 71.2 Å². The highest BCUT2D eigenvalue weighted by Gasteiger charge is 2.12. The number of piperazine rings is 1. The average Bonchev–Trinajstić information content (AvgIpc) is 3.39. The van der Waals surface area contributed by atoms with Crippen LogP contribution in [0.4, 0.5) is 0 Å². The van der Waals surface area contributed by atoms with Gasteiger partial charge in [-0.3, -0.25) is 14.7 Å². The summed E-state index contributed by atoms with van der Waals surface area (Å²) in [6.45, 7) is 7.65. The lowest BCUT2D eigenvalue weighted by atomic mass is 9.98. The van der Waals surface area contributed by atoms with Crippen molar-refractivity contribution < 1.29 is 0 Å². The summed E-state index contributed by atoms with van der Waals surface area (Å²) in [7, 11) is 1.92. The zero-order valence-corrected chi connectivity index (χ0v) is 18.1. The van der Waals surface area contributed by atoms with E-state index < -0.39 is 0 Å². The molecule has 0 bridgehead atoms. The van der Waals surface area contributed by atoms with Gasteiger partial charge in [-0.15, -0.1) is 0 Å². The fourth-order valence-electron chi connectivity index (χ4n) is 4.21. The van der Waals surface area contributed by atoms with Gasteiger partial charge in [-0.05, 0) is 53.5 Å². The van der Waals surface area contributed by atoms with Crippen LogP contribution in [0.2, 0.25) is 0 Å². The molecule has 0 unspecified atom stereocenters. The molecule has 4 aromatic rings. The molecule has 0 spiro atoms. The number of aromatic nitrogens is 4. The highest BCUT2D eigenvalue weighted by atomic mass is 15.2. The van der Waals surface area contributed by atoms with E-state index >= 15 is 0 Å². The van der Waals surface area contributed by atoms with Gasteiger partial charge in [0.1, 0.15) is 0 Å². The summed E-state index contributed by atoms with van der Waals surface area (Å²) in [6.07, 6.45) is 7.93. The molecule has 1 aliphatic heterocycles. The van der Waals surface area contributed by atoms with Crippen LogP contribution in [0.15, 0.2) is 48.8 Å². The second-order valence-electron chi connectivity index (χ2n) is 8.32. The normalized spacial score (nSPS) is 15.3. The van der Waals surface area contributed by atoms with E-state index in [0.29, 0.717) is 0 Å². The molecular formula is C25H28N6.